The summed E-state index contributed by atoms with van der Waals surface area (Å²) in [6, 6.07) is 14.3. The molecule has 0 bridgehead atoms. The van der Waals surface area contributed by atoms with Gasteiger partial charge in [-0.05, 0) is 92.5 Å². The van der Waals surface area contributed by atoms with Gasteiger partial charge in [0.05, 0.1) is 18.4 Å². The number of carboxylic acid groups (broad SMARTS) is 2. The number of rotatable bonds is 11. The topological polar surface area (TPSA) is 145 Å². The van der Waals surface area contributed by atoms with E-state index >= 15 is 0 Å². The summed E-state index contributed by atoms with van der Waals surface area (Å²) in [6.07, 6.45) is 2.49. The smallest absolute Gasteiger partial charge is 0.319 e. The normalized spacial score (nSPS) is 20.9. The van der Waals surface area contributed by atoms with E-state index in [0.717, 1.165) is 42.6 Å². The minimum Gasteiger partial charge on any atom is -0.481 e. The van der Waals surface area contributed by atoms with E-state index in [-0.39, 0.29) is 18.4 Å². The number of carbonyl (C=O) groups excluding carboxylic acids is 1. The molecule has 2 aliphatic rings. The highest BCUT2D eigenvalue weighted by atomic mass is 16.4. The van der Waals surface area contributed by atoms with E-state index in [1.165, 1.54) is 4.90 Å². The predicted molar refractivity (Wildman–Crippen MR) is 140 cm³/mol. The highest BCUT2D eigenvalue weighted by molar-refractivity contribution is 5.90. The Hall–Kier alpha value is -3.43. The minimum atomic E-state index is -0.810. The molecule has 4 atom stereocenters. The van der Waals surface area contributed by atoms with Crippen LogP contribution in [0.25, 0.3) is 0 Å². The van der Waals surface area contributed by atoms with Crippen molar-refractivity contribution in [3.8, 4) is 0 Å². The first-order valence-corrected chi connectivity index (χ1v) is 12.9. The van der Waals surface area contributed by atoms with Crippen LogP contribution in [0.2, 0.25) is 0 Å². The molecule has 9 heteroatoms. The fourth-order valence-corrected chi connectivity index (χ4v) is 5.65. The van der Waals surface area contributed by atoms with Crippen LogP contribution in [0.15, 0.2) is 48.5 Å². The van der Waals surface area contributed by atoms with E-state index in [0.29, 0.717) is 31.6 Å². The Morgan fingerprint density at radius 3 is 1.84 bits per heavy atom. The van der Waals surface area contributed by atoms with Gasteiger partial charge in [-0.2, -0.15) is 0 Å². The van der Waals surface area contributed by atoms with E-state index in [1.54, 1.807) is 6.07 Å². The van der Waals surface area contributed by atoms with Gasteiger partial charge in [0, 0.05) is 5.69 Å². The number of aliphatic carboxylic acids is 2. The molecule has 0 aromatic heterocycles. The molecular formula is C28H36N4O5. The average Bonchev–Trinajstić information content (AvgIpc) is 3.59. The molecule has 0 spiro atoms. The number of benzene rings is 2. The first-order chi connectivity index (χ1) is 17.8. The maximum Gasteiger partial charge on any atom is 0.319 e. The van der Waals surface area contributed by atoms with E-state index in [4.69, 9.17) is 5.73 Å². The molecular weight excluding hydrogens is 472 g/mol. The molecule has 2 fully saturated rings. The second-order valence-corrected chi connectivity index (χ2v) is 10.2. The summed E-state index contributed by atoms with van der Waals surface area (Å²) in [5.74, 6) is -2.39. The lowest BCUT2D eigenvalue weighted by molar-refractivity contribution is -0.144. The summed E-state index contributed by atoms with van der Waals surface area (Å²) < 4.78 is 0. The molecule has 198 valence electrons. The number of hydrogen-bond donors (Lipinski definition) is 5. The van der Waals surface area contributed by atoms with Crippen molar-refractivity contribution >= 4 is 23.7 Å². The van der Waals surface area contributed by atoms with Crippen LogP contribution in [0.4, 0.5) is 10.5 Å². The van der Waals surface area contributed by atoms with Gasteiger partial charge >= 0.3 is 18.0 Å². The number of nitrogens with two attached hydrogens (primary N) is 1. The quantitative estimate of drug-likeness (QED) is 0.313. The SMILES string of the molecule is NC(=O)N(Cc1cccc(C[C@H](C(=O)O)[C@H]2CCNC2)c1)c1cccc(C[C@H](C(=O)O)[C@H]2CCNC2)c1. The van der Waals surface area contributed by atoms with Crippen molar-refractivity contribution in [3.05, 3.63) is 65.2 Å². The molecule has 0 saturated carbocycles. The van der Waals surface area contributed by atoms with Crippen molar-refractivity contribution < 1.29 is 24.6 Å². The number of carbonyl (C=O) groups is 3. The molecule has 2 aromatic rings. The number of primary amides is 1. The molecule has 2 amide bonds. The van der Waals surface area contributed by atoms with Gasteiger partial charge in [0.25, 0.3) is 0 Å². The standard InChI is InChI=1S/C28H36N4O5/c29-28(37)32(23-6-2-4-19(12-23)14-25(27(35)36)22-8-10-31-16-22)17-20-5-1-3-18(11-20)13-24(26(33)34)21-7-9-30-15-21/h1-6,11-12,21-22,24-25,30-31H,7-10,13-17H2,(H2,29,37)(H,33,34)(H,35,36)/t21-,22-,24-,25-/m0/s1. The third kappa shape index (κ3) is 6.87. The van der Waals surface area contributed by atoms with Crippen LogP contribution in [-0.2, 0) is 29.0 Å². The van der Waals surface area contributed by atoms with Crippen molar-refractivity contribution in [2.24, 2.45) is 29.4 Å². The third-order valence-corrected chi connectivity index (χ3v) is 7.70. The van der Waals surface area contributed by atoms with Crippen LogP contribution in [-0.4, -0.2) is 54.4 Å². The summed E-state index contributed by atoms with van der Waals surface area (Å²) in [5, 5.41) is 26.1. The number of urea groups is 1. The molecule has 37 heavy (non-hydrogen) atoms. The van der Waals surface area contributed by atoms with Crippen LogP contribution in [0.5, 0.6) is 0 Å². The largest absolute Gasteiger partial charge is 0.481 e. The molecule has 2 aliphatic heterocycles. The van der Waals surface area contributed by atoms with Gasteiger partial charge in [-0.3, -0.25) is 14.5 Å². The monoisotopic (exact) mass is 508 g/mol. The molecule has 2 heterocycles. The zero-order valence-electron chi connectivity index (χ0n) is 20.9. The number of carboxylic acids is 2. The number of nitrogens with zero attached hydrogens (tertiary/aromatic N) is 1. The Bertz CT molecular complexity index is 1110. The van der Waals surface area contributed by atoms with E-state index < -0.39 is 29.8 Å². The fraction of sp³-hybridized carbons (Fsp3) is 0.464. The Morgan fingerprint density at radius 2 is 1.35 bits per heavy atom. The van der Waals surface area contributed by atoms with Crippen molar-refractivity contribution in [2.45, 2.75) is 32.2 Å². The Morgan fingerprint density at radius 1 is 0.838 bits per heavy atom. The molecule has 0 radical (unpaired) electrons. The second-order valence-electron chi connectivity index (χ2n) is 10.2. The molecule has 2 aromatic carbocycles. The minimum absolute atomic E-state index is 0.0748. The third-order valence-electron chi connectivity index (χ3n) is 7.70. The molecule has 9 nitrogen and oxygen atoms in total. The lowest BCUT2D eigenvalue weighted by atomic mass is 9.86. The van der Waals surface area contributed by atoms with Crippen molar-refractivity contribution in [2.75, 3.05) is 31.1 Å². The van der Waals surface area contributed by atoms with Gasteiger partial charge < -0.3 is 26.6 Å². The first-order valence-electron chi connectivity index (χ1n) is 12.9. The Balaban J connectivity index is 1.49. The first kappa shape index (κ1) is 26.6. The van der Waals surface area contributed by atoms with Gasteiger partial charge in [0.15, 0.2) is 0 Å². The molecule has 6 N–H and O–H groups in total. The van der Waals surface area contributed by atoms with Gasteiger partial charge in [-0.25, -0.2) is 4.79 Å². The second kappa shape index (κ2) is 12.2. The number of nitrogens with one attached hydrogen (secondary N) is 2. The number of hydrogen-bond acceptors (Lipinski definition) is 5. The van der Waals surface area contributed by atoms with Crippen LogP contribution in [0, 0.1) is 23.7 Å². The summed E-state index contributed by atoms with van der Waals surface area (Å²) >= 11 is 0. The van der Waals surface area contributed by atoms with Crippen molar-refractivity contribution in [1.29, 1.82) is 0 Å². The average molecular weight is 509 g/mol. The molecule has 0 aliphatic carbocycles. The van der Waals surface area contributed by atoms with Crippen LogP contribution < -0.4 is 21.3 Å². The van der Waals surface area contributed by atoms with Gasteiger partial charge in [0.1, 0.15) is 0 Å². The zero-order chi connectivity index (χ0) is 26.4. The maximum absolute atomic E-state index is 12.4. The van der Waals surface area contributed by atoms with Crippen LogP contribution in [0.3, 0.4) is 0 Å². The maximum atomic E-state index is 12.4. The van der Waals surface area contributed by atoms with E-state index in [2.05, 4.69) is 10.6 Å². The lowest BCUT2D eigenvalue weighted by Crippen LogP contribution is -2.35. The van der Waals surface area contributed by atoms with Gasteiger partial charge in [0.2, 0.25) is 0 Å². The van der Waals surface area contributed by atoms with E-state index in [1.807, 2.05) is 42.5 Å². The zero-order valence-corrected chi connectivity index (χ0v) is 20.9. The van der Waals surface area contributed by atoms with Crippen LogP contribution in [0.1, 0.15) is 29.5 Å². The summed E-state index contributed by atoms with van der Waals surface area (Å²) in [6.45, 7) is 3.30. The molecule has 4 rings (SSSR count). The highest BCUT2D eigenvalue weighted by Crippen LogP contribution is 2.27. The number of amides is 2. The molecule has 2 saturated heterocycles. The Labute approximate surface area is 217 Å². The lowest BCUT2D eigenvalue weighted by Gasteiger charge is -2.23. The highest BCUT2D eigenvalue weighted by Gasteiger charge is 2.32. The Kier molecular flexibility index (Phi) is 8.78. The summed E-state index contributed by atoms with van der Waals surface area (Å²) in [7, 11) is 0. The van der Waals surface area contributed by atoms with E-state index in [9.17, 15) is 24.6 Å². The van der Waals surface area contributed by atoms with Crippen LogP contribution >= 0.6 is 0 Å². The number of anilines is 1. The summed E-state index contributed by atoms with van der Waals surface area (Å²) in [4.78, 5) is 37.8. The van der Waals surface area contributed by atoms with Crippen molar-refractivity contribution in [3.63, 3.8) is 0 Å². The predicted octanol–water partition coefficient (Wildman–Crippen LogP) is 2.48. The van der Waals surface area contributed by atoms with Gasteiger partial charge in [-0.15, -0.1) is 0 Å². The van der Waals surface area contributed by atoms with Crippen molar-refractivity contribution in [1.82, 2.24) is 10.6 Å². The summed E-state index contributed by atoms with van der Waals surface area (Å²) in [5.41, 5.74) is 8.95. The fourth-order valence-electron chi connectivity index (χ4n) is 5.65. The molecule has 0 unspecified atom stereocenters. The van der Waals surface area contributed by atoms with Gasteiger partial charge in [-0.1, -0.05) is 36.4 Å².